The van der Waals surface area contributed by atoms with Crippen molar-refractivity contribution in [3.05, 3.63) is 117 Å². The monoisotopic (exact) mass is 801 g/mol. The number of alkyl halides is 3. The fraction of sp³-hybridized carbons (Fsp3) is 0.381. The Morgan fingerprint density at radius 2 is 1.60 bits per heavy atom. The number of carbonyl (C=O) groups is 1. The summed E-state index contributed by atoms with van der Waals surface area (Å²) >= 11 is 1.38. The SMILES string of the molecule is COc1ccc(CN(Cc2ccc(OC)cc2)c2cc(C)c(C(F)(F)F)c(C3Cc4nc(SC)nc(N5CCCn6nc(C(=O)N(C)C)cc6C5)c4CO3)c2)cc1. The minimum Gasteiger partial charge on any atom is -0.497 e. The molecular weight excluding hydrogens is 756 g/mol. The van der Waals surface area contributed by atoms with Crippen LogP contribution < -0.4 is 19.3 Å². The molecular formula is C42H46F3N7O4S. The van der Waals surface area contributed by atoms with E-state index in [1.165, 1.54) is 23.6 Å². The summed E-state index contributed by atoms with van der Waals surface area (Å²) in [6.07, 6.45) is -2.77. The predicted molar refractivity (Wildman–Crippen MR) is 213 cm³/mol. The van der Waals surface area contributed by atoms with Gasteiger partial charge in [-0.15, -0.1) is 0 Å². The zero-order chi connectivity index (χ0) is 40.4. The summed E-state index contributed by atoms with van der Waals surface area (Å²) in [6.45, 7) is 4.16. The van der Waals surface area contributed by atoms with Crippen molar-refractivity contribution in [3.8, 4) is 11.5 Å². The molecule has 0 radical (unpaired) electrons. The highest BCUT2D eigenvalue weighted by Crippen LogP contribution is 2.44. The molecule has 0 spiro atoms. The molecule has 0 saturated carbocycles. The molecule has 15 heteroatoms. The topological polar surface area (TPSA) is 98.1 Å². The number of fused-ring (bicyclic) bond motifs is 2. The second-order valence-electron chi connectivity index (χ2n) is 14.5. The summed E-state index contributed by atoms with van der Waals surface area (Å²) in [7, 11) is 6.60. The number of amides is 1. The lowest BCUT2D eigenvalue weighted by atomic mass is 9.91. The third-order valence-electron chi connectivity index (χ3n) is 10.4. The van der Waals surface area contributed by atoms with Crippen LogP contribution in [0, 0.1) is 6.92 Å². The van der Waals surface area contributed by atoms with E-state index in [1.807, 2.05) is 65.5 Å². The van der Waals surface area contributed by atoms with Crippen molar-refractivity contribution in [1.29, 1.82) is 0 Å². The number of aryl methyl sites for hydroxylation is 2. The quantitative estimate of drug-likeness (QED) is 0.0970. The van der Waals surface area contributed by atoms with Crippen molar-refractivity contribution in [2.45, 2.75) is 70.0 Å². The van der Waals surface area contributed by atoms with Crippen molar-refractivity contribution in [3.63, 3.8) is 0 Å². The van der Waals surface area contributed by atoms with E-state index in [-0.39, 0.29) is 30.1 Å². The lowest BCUT2D eigenvalue weighted by Gasteiger charge is -2.33. The lowest BCUT2D eigenvalue weighted by Crippen LogP contribution is -2.29. The Hall–Kier alpha value is -5.28. The Morgan fingerprint density at radius 1 is 0.947 bits per heavy atom. The van der Waals surface area contributed by atoms with Gasteiger partial charge in [-0.05, 0) is 84.3 Å². The molecule has 4 heterocycles. The van der Waals surface area contributed by atoms with Crippen LogP contribution in [0.2, 0.25) is 0 Å². The lowest BCUT2D eigenvalue weighted by molar-refractivity contribution is -0.140. The Kier molecular flexibility index (Phi) is 11.7. The average Bonchev–Trinajstić information content (AvgIpc) is 3.50. The van der Waals surface area contributed by atoms with Gasteiger partial charge in [-0.25, -0.2) is 9.97 Å². The van der Waals surface area contributed by atoms with Gasteiger partial charge in [-0.3, -0.25) is 9.48 Å². The van der Waals surface area contributed by atoms with Gasteiger partial charge >= 0.3 is 6.18 Å². The van der Waals surface area contributed by atoms with Gasteiger partial charge in [-0.1, -0.05) is 36.0 Å². The highest BCUT2D eigenvalue weighted by Gasteiger charge is 2.40. The van der Waals surface area contributed by atoms with Crippen LogP contribution in [-0.4, -0.2) is 71.7 Å². The fourth-order valence-electron chi connectivity index (χ4n) is 7.52. The summed E-state index contributed by atoms with van der Waals surface area (Å²) in [5, 5.41) is 5.10. The van der Waals surface area contributed by atoms with Crippen molar-refractivity contribution in [1.82, 2.24) is 24.6 Å². The van der Waals surface area contributed by atoms with Crippen LogP contribution in [0.5, 0.6) is 11.5 Å². The maximum atomic E-state index is 15.1. The van der Waals surface area contributed by atoms with Crippen LogP contribution in [0.1, 0.15) is 67.8 Å². The van der Waals surface area contributed by atoms with E-state index >= 15 is 13.2 Å². The Labute approximate surface area is 334 Å². The molecule has 0 fully saturated rings. The second kappa shape index (κ2) is 16.7. The predicted octanol–water partition coefficient (Wildman–Crippen LogP) is 7.87. The zero-order valence-electron chi connectivity index (χ0n) is 32.9. The van der Waals surface area contributed by atoms with Gasteiger partial charge in [0.25, 0.3) is 5.91 Å². The summed E-state index contributed by atoms with van der Waals surface area (Å²) in [4.78, 5) is 28.2. The number of halogens is 3. The first-order valence-electron chi connectivity index (χ1n) is 18.7. The first-order valence-corrected chi connectivity index (χ1v) is 19.9. The highest BCUT2D eigenvalue weighted by atomic mass is 32.2. The Balaban J connectivity index is 1.25. The molecule has 2 aliphatic heterocycles. The van der Waals surface area contributed by atoms with Crippen LogP contribution in [0.25, 0.3) is 0 Å². The summed E-state index contributed by atoms with van der Waals surface area (Å²) < 4.78 is 64.2. The summed E-state index contributed by atoms with van der Waals surface area (Å²) in [5.41, 5.74) is 4.73. The molecule has 2 aliphatic rings. The van der Waals surface area contributed by atoms with Crippen LogP contribution in [0.3, 0.4) is 0 Å². The van der Waals surface area contributed by atoms with E-state index in [9.17, 15) is 4.79 Å². The molecule has 1 amide bonds. The normalized spacial score (nSPS) is 15.4. The molecule has 5 aromatic rings. The third kappa shape index (κ3) is 8.69. The van der Waals surface area contributed by atoms with Gasteiger partial charge in [0.2, 0.25) is 0 Å². The van der Waals surface area contributed by atoms with Gasteiger partial charge in [0, 0.05) is 57.9 Å². The Bertz CT molecular complexity index is 2180. The van der Waals surface area contributed by atoms with E-state index in [1.54, 1.807) is 40.4 Å². The summed E-state index contributed by atoms with van der Waals surface area (Å²) in [5.74, 6) is 1.94. The highest BCUT2D eigenvalue weighted by molar-refractivity contribution is 7.98. The first kappa shape index (κ1) is 39.9. The van der Waals surface area contributed by atoms with Crippen molar-refractivity contribution in [2.75, 3.05) is 50.9 Å². The van der Waals surface area contributed by atoms with Crippen LogP contribution in [-0.2, 0) is 50.1 Å². The molecule has 1 atom stereocenters. The number of methoxy groups -OCH3 is 2. The molecule has 0 bridgehead atoms. The van der Waals surface area contributed by atoms with E-state index in [2.05, 4.69) is 14.9 Å². The number of thioether (sulfide) groups is 1. The number of anilines is 2. The molecule has 0 saturated heterocycles. The van der Waals surface area contributed by atoms with Crippen molar-refractivity contribution in [2.24, 2.45) is 0 Å². The number of aromatic nitrogens is 4. The van der Waals surface area contributed by atoms with Gasteiger partial charge in [0.05, 0.1) is 50.4 Å². The molecule has 7 rings (SSSR count). The molecule has 11 nitrogen and oxygen atoms in total. The van der Waals surface area contributed by atoms with E-state index in [0.717, 1.165) is 28.8 Å². The number of ether oxygens (including phenoxy) is 3. The number of rotatable bonds is 11. The first-order chi connectivity index (χ1) is 27.3. The fourth-order valence-corrected chi connectivity index (χ4v) is 7.90. The smallest absolute Gasteiger partial charge is 0.417 e. The Morgan fingerprint density at radius 3 is 2.18 bits per heavy atom. The van der Waals surface area contributed by atoms with E-state index in [4.69, 9.17) is 24.2 Å². The van der Waals surface area contributed by atoms with Gasteiger partial charge in [0.1, 0.15) is 17.3 Å². The van der Waals surface area contributed by atoms with E-state index in [0.29, 0.717) is 72.3 Å². The molecule has 0 aliphatic carbocycles. The minimum absolute atomic E-state index is 0.0338. The van der Waals surface area contributed by atoms with Crippen molar-refractivity contribution >= 4 is 29.2 Å². The molecule has 300 valence electrons. The molecule has 3 aromatic carbocycles. The number of hydrogen-bond acceptors (Lipinski definition) is 10. The van der Waals surface area contributed by atoms with Crippen molar-refractivity contribution < 1.29 is 32.2 Å². The number of carbonyl (C=O) groups excluding carboxylic acids is 1. The standard InChI is InChI=1S/C42H46F3N7O4S/c1-26-18-29(51(22-27-8-12-31(54-4)13-9-27)23-28-10-14-32(55-5)15-11-28)19-33(38(26)42(43,44)45)37-21-35-34(25-56-37)39(47-41(46-35)57-6)50-16-7-17-52-30(24-50)20-36(48-52)40(53)49(2)3/h8-15,18-20,37H,7,16-17,21-25H2,1-6H3. The maximum absolute atomic E-state index is 15.1. The zero-order valence-corrected chi connectivity index (χ0v) is 33.7. The molecule has 1 unspecified atom stereocenters. The van der Waals surface area contributed by atoms with Gasteiger partial charge < -0.3 is 28.9 Å². The van der Waals surface area contributed by atoms with Crippen LogP contribution >= 0.6 is 11.8 Å². The largest absolute Gasteiger partial charge is 0.497 e. The minimum atomic E-state index is -4.62. The van der Waals surface area contributed by atoms with Crippen LogP contribution in [0.15, 0.2) is 71.9 Å². The maximum Gasteiger partial charge on any atom is 0.417 e. The average molecular weight is 802 g/mol. The van der Waals surface area contributed by atoms with E-state index < -0.39 is 17.8 Å². The molecule has 0 N–H and O–H groups in total. The third-order valence-corrected chi connectivity index (χ3v) is 10.9. The summed E-state index contributed by atoms with van der Waals surface area (Å²) in [6, 6.07) is 20.4. The molecule has 2 aromatic heterocycles. The number of hydrogen-bond donors (Lipinski definition) is 0. The second-order valence-corrected chi connectivity index (χ2v) is 15.2. The number of nitrogens with zero attached hydrogens (tertiary/aromatic N) is 7. The van der Waals surface area contributed by atoms with Gasteiger partial charge in [0.15, 0.2) is 10.9 Å². The van der Waals surface area contributed by atoms with Crippen LogP contribution in [0.4, 0.5) is 24.7 Å². The molecule has 57 heavy (non-hydrogen) atoms. The van der Waals surface area contributed by atoms with Gasteiger partial charge in [-0.2, -0.15) is 18.3 Å². The number of benzene rings is 3.